The van der Waals surface area contributed by atoms with Crippen LogP contribution in [0.3, 0.4) is 0 Å². The highest BCUT2D eigenvalue weighted by Crippen LogP contribution is 2.16. The van der Waals surface area contributed by atoms with Gasteiger partial charge in [-0.25, -0.2) is 4.79 Å². The first-order valence-corrected chi connectivity index (χ1v) is 6.94. The molecular weight excluding hydrogens is 246 g/mol. The molecule has 0 radical (unpaired) electrons. The van der Waals surface area contributed by atoms with E-state index in [1.165, 1.54) is 10.4 Å². The first-order valence-electron chi connectivity index (χ1n) is 6.06. The minimum absolute atomic E-state index is 0.359. The Labute approximate surface area is 113 Å². The molecule has 0 unspecified atom stereocenters. The van der Waals surface area contributed by atoms with E-state index in [0.29, 0.717) is 6.54 Å². The molecule has 3 nitrogen and oxygen atoms in total. The van der Waals surface area contributed by atoms with E-state index in [2.05, 4.69) is 35.8 Å². The number of alkyl carbamates (subject to hydrolysis) is 1. The zero-order valence-electron chi connectivity index (χ0n) is 11.4. The van der Waals surface area contributed by atoms with Gasteiger partial charge in [0.1, 0.15) is 5.60 Å². The summed E-state index contributed by atoms with van der Waals surface area (Å²) in [6.45, 7) is 8.25. The molecule has 4 heteroatoms. The van der Waals surface area contributed by atoms with E-state index >= 15 is 0 Å². The molecule has 1 rings (SSSR count). The molecule has 1 amide bonds. The zero-order valence-corrected chi connectivity index (χ0v) is 12.3. The van der Waals surface area contributed by atoms with Crippen LogP contribution in [0.25, 0.3) is 6.08 Å². The molecule has 0 aliphatic rings. The number of aryl methyl sites for hydroxylation is 1. The summed E-state index contributed by atoms with van der Waals surface area (Å²) in [5.41, 5.74) is 0.811. The van der Waals surface area contributed by atoms with Crippen LogP contribution in [0.2, 0.25) is 0 Å². The molecule has 0 aromatic carbocycles. The van der Waals surface area contributed by atoms with Crippen LogP contribution < -0.4 is 5.32 Å². The molecule has 1 aromatic heterocycles. The van der Waals surface area contributed by atoms with Crippen molar-refractivity contribution in [2.75, 3.05) is 6.54 Å². The number of hydrogen-bond donors (Lipinski definition) is 1. The highest BCUT2D eigenvalue weighted by molar-refractivity contribution is 7.10. The largest absolute Gasteiger partial charge is 0.444 e. The highest BCUT2D eigenvalue weighted by atomic mass is 32.1. The Balaban J connectivity index is 2.21. The SMILES string of the molecule is Cc1sccc1C=CCCNC(=O)OC(C)(C)C. The summed E-state index contributed by atoms with van der Waals surface area (Å²) in [5, 5.41) is 4.80. The molecular formula is C14H21NO2S. The van der Waals surface area contributed by atoms with Crippen LogP contribution in [0.4, 0.5) is 4.79 Å². The number of rotatable bonds is 4. The molecule has 1 aromatic rings. The van der Waals surface area contributed by atoms with Gasteiger partial charge in [0.25, 0.3) is 0 Å². The van der Waals surface area contributed by atoms with Gasteiger partial charge in [0.2, 0.25) is 0 Å². The van der Waals surface area contributed by atoms with Gasteiger partial charge in [-0.2, -0.15) is 0 Å². The number of nitrogens with one attached hydrogen (secondary N) is 1. The predicted octanol–water partition coefficient (Wildman–Crippen LogP) is 3.98. The van der Waals surface area contributed by atoms with Crippen molar-refractivity contribution < 1.29 is 9.53 Å². The fraction of sp³-hybridized carbons (Fsp3) is 0.500. The van der Waals surface area contributed by atoms with Crippen LogP contribution in [0.5, 0.6) is 0 Å². The second-order valence-corrected chi connectivity index (χ2v) is 6.17. The number of thiophene rings is 1. The molecule has 0 bridgehead atoms. The number of carbonyl (C=O) groups excluding carboxylic acids is 1. The second-order valence-electron chi connectivity index (χ2n) is 5.05. The molecule has 0 fully saturated rings. The predicted molar refractivity (Wildman–Crippen MR) is 76.9 cm³/mol. The number of amides is 1. The van der Waals surface area contributed by atoms with Crippen molar-refractivity contribution in [3.8, 4) is 0 Å². The van der Waals surface area contributed by atoms with Crippen molar-refractivity contribution in [3.05, 3.63) is 28.0 Å². The van der Waals surface area contributed by atoms with E-state index in [1.807, 2.05) is 20.8 Å². The van der Waals surface area contributed by atoms with Crippen LogP contribution in [0, 0.1) is 6.92 Å². The van der Waals surface area contributed by atoms with Gasteiger partial charge in [0.15, 0.2) is 0 Å². The number of ether oxygens (including phenoxy) is 1. The smallest absolute Gasteiger partial charge is 0.407 e. The molecule has 100 valence electrons. The van der Waals surface area contributed by atoms with Gasteiger partial charge in [0.05, 0.1) is 0 Å². The Morgan fingerprint density at radius 1 is 1.50 bits per heavy atom. The summed E-state index contributed by atoms with van der Waals surface area (Å²) >= 11 is 1.74. The Morgan fingerprint density at radius 2 is 2.22 bits per heavy atom. The van der Waals surface area contributed by atoms with Crippen LogP contribution >= 0.6 is 11.3 Å². The molecule has 0 aliphatic heterocycles. The Hall–Kier alpha value is -1.29. The van der Waals surface area contributed by atoms with Crippen molar-refractivity contribution >= 4 is 23.5 Å². The molecule has 0 saturated carbocycles. The lowest BCUT2D eigenvalue weighted by atomic mass is 10.2. The van der Waals surface area contributed by atoms with E-state index in [9.17, 15) is 4.79 Å². The molecule has 0 spiro atoms. The van der Waals surface area contributed by atoms with Crippen LogP contribution in [-0.4, -0.2) is 18.2 Å². The van der Waals surface area contributed by atoms with E-state index in [1.54, 1.807) is 11.3 Å². The first kappa shape index (κ1) is 14.8. The van der Waals surface area contributed by atoms with Gasteiger partial charge in [-0.3, -0.25) is 0 Å². The van der Waals surface area contributed by atoms with Crippen LogP contribution in [0.1, 0.15) is 37.6 Å². The Morgan fingerprint density at radius 3 is 2.78 bits per heavy atom. The van der Waals surface area contributed by atoms with Gasteiger partial charge < -0.3 is 10.1 Å². The second kappa shape index (κ2) is 6.59. The zero-order chi connectivity index (χ0) is 13.6. The van der Waals surface area contributed by atoms with Crippen molar-refractivity contribution in [2.24, 2.45) is 0 Å². The van der Waals surface area contributed by atoms with Crippen molar-refractivity contribution in [2.45, 2.75) is 39.7 Å². The maximum atomic E-state index is 11.3. The maximum Gasteiger partial charge on any atom is 0.407 e. The number of hydrogen-bond acceptors (Lipinski definition) is 3. The fourth-order valence-electron chi connectivity index (χ4n) is 1.35. The molecule has 0 aliphatic carbocycles. The summed E-state index contributed by atoms with van der Waals surface area (Å²) in [7, 11) is 0. The summed E-state index contributed by atoms with van der Waals surface area (Å²) < 4.78 is 5.14. The van der Waals surface area contributed by atoms with Gasteiger partial charge >= 0.3 is 6.09 Å². The average molecular weight is 267 g/mol. The Bertz CT molecular complexity index is 416. The average Bonchev–Trinajstić information content (AvgIpc) is 2.61. The van der Waals surface area contributed by atoms with Gasteiger partial charge in [-0.05, 0) is 51.1 Å². The lowest BCUT2D eigenvalue weighted by molar-refractivity contribution is 0.0529. The molecule has 1 N–H and O–H groups in total. The van der Waals surface area contributed by atoms with Crippen molar-refractivity contribution in [1.82, 2.24) is 5.32 Å². The first-order chi connectivity index (χ1) is 8.38. The summed E-state index contributed by atoms with van der Waals surface area (Å²) in [6.07, 6.45) is 4.59. The lowest BCUT2D eigenvalue weighted by Crippen LogP contribution is -2.32. The van der Waals surface area contributed by atoms with Crippen molar-refractivity contribution in [3.63, 3.8) is 0 Å². The standard InChI is InChI=1S/C14H21NO2S/c1-11-12(8-10-18-11)7-5-6-9-15-13(16)17-14(2,3)4/h5,7-8,10H,6,9H2,1-4H3,(H,15,16). The topological polar surface area (TPSA) is 38.3 Å². The van der Waals surface area contributed by atoms with Crippen LogP contribution in [-0.2, 0) is 4.74 Å². The minimum Gasteiger partial charge on any atom is -0.444 e. The van der Waals surface area contributed by atoms with Gasteiger partial charge in [0, 0.05) is 11.4 Å². The third-order valence-electron chi connectivity index (χ3n) is 2.18. The molecule has 0 saturated heterocycles. The highest BCUT2D eigenvalue weighted by Gasteiger charge is 2.15. The third kappa shape index (κ3) is 5.87. The normalized spacial score (nSPS) is 11.8. The summed E-state index contributed by atoms with van der Waals surface area (Å²) in [6, 6.07) is 2.10. The molecule has 0 atom stereocenters. The van der Waals surface area contributed by atoms with E-state index < -0.39 is 5.60 Å². The molecule has 1 heterocycles. The van der Waals surface area contributed by atoms with E-state index in [-0.39, 0.29) is 6.09 Å². The van der Waals surface area contributed by atoms with E-state index in [4.69, 9.17) is 4.74 Å². The number of carbonyl (C=O) groups is 1. The molecule has 18 heavy (non-hydrogen) atoms. The van der Waals surface area contributed by atoms with Gasteiger partial charge in [-0.1, -0.05) is 12.2 Å². The third-order valence-corrected chi connectivity index (χ3v) is 3.04. The quantitative estimate of drug-likeness (QED) is 0.838. The summed E-state index contributed by atoms with van der Waals surface area (Å²) in [5.74, 6) is 0. The van der Waals surface area contributed by atoms with E-state index in [0.717, 1.165) is 6.42 Å². The summed E-state index contributed by atoms with van der Waals surface area (Å²) in [4.78, 5) is 12.7. The minimum atomic E-state index is -0.437. The lowest BCUT2D eigenvalue weighted by Gasteiger charge is -2.19. The Kier molecular flexibility index (Phi) is 5.41. The van der Waals surface area contributed by atoms with Crippen LogP contribution in [0.15, 0.2) is 17.5 Å². The fourth-order valence-corrected chi connectivity index (χ4v) is 2.04. The monoisotopic (exact) mass is 267 g/mol. The van der Waals surface area contributed by atoms with Gasteiger partial charge in [-0.15, -0.1) is 11.3 Å². The maximum absolute atomic E-state index is 11.3. The van der Waals surface area contributed by atoms with Crippen molar-refractivity contribution in [1.29, 1.82) is 0 Å².